The lowest BCUT2D eigenvalue weighted by molar-refractivity contribution is -0.165. The number of halogens is 7. The number of piperazine rings is 1. The molecule has 3 aromatic rings. The number of aromatic nitrogens is 3. The molecular formula is C28H27ClF6N6O2. The van der Waals surface area contributed by atoms with Crippen molar-refractivity contribution in [3.8, 4) is 23.1 Å². The second kappa shape index (κ2) is 9.62. The zero-order chi connectivity index (χ0) is 30.5. The highest BCUT2D eigenvalue weighted by atomic mass is 35.5. The minimum atomic E-state index is -4.96. The van der Waals surface area contributed by atoms with Gasteiger partial charge >= 0.3 is 12.2 Å². The smallest absolute Gasteiger partial charge is 0.418 e. The number of ether oxygens (including phenoxy) is 2. The molecule has 4 aliphatic rings. The number of hydrogen-bond acceptors (Lipinski definition) is 8. The third-order valence-electron chi connectivity index (χ3n) is 8.77. The summed E-state index contributed by atoms with van der Waals surface area (Å²) in [6.45, 7) is 2.18. The van der Waals surface area contributed by atoms with Gasteiger partial charge in [0.1, 0.15) is 22.4 Å². The first-order valence-corrected chi connectivity index (χ1v) is 14.3. The van der Waals surface area contributed by atoms with Crippen molar-refractivity contribution in [3.63, 3.8) is 0 Å². The Kier molecular flexibility index (Phi) is 6.38. The first kappa shape index (κ1) is 28.5. The van der Waals surface area contributed by atoms with Crippen molar-refractivity contribution in [1.29, 1.82) is 0 Å². The summed E-state index contributed by atoms with van der Waals surface area (Å²) in [5.74, 6) is -3.86. The molecular weight excluding hydrogens is 602 g/mol. The van der Waals surface area contributed by atoms with Crippen LogP contribution in [0.25, 0.3) is 22.2 Å². The average Bonchev–Trinajstić information content (AvgIpc) is 3.28. The molecule has 8 nitrogen and oxygen atoms in total. The van der Waals surface area contributed by atoms with Crippen LogP contribution < -0.4 is 25.4 Å². The summed E-state index contributed by atoms with van der Waals surface area (Å²) in [5.41, 5.74) is 1.78. The van der Waals surface area contributed by atoms with E-state index in [1.165, 1.54) is 0 Å². The van der Waals surface area contributed by atoms with Crippen LogP contribution in [0.15, 0.2) is 12.1 Å². The standard InChI is InChI=1S/C28H27ClF6N6O2/c1-26(9-27(31,32)10-26)11-43-25-39-22-18-23(40-25)41-8-13-2-3-16(37-13)17(41)4-5-42-24(18)38-21(20(22)30)14-6-12(36)7-15(29)19(14)28(33,34)35/h6-7,13,16-17,37H,2-5,8-11,36H2,1H3/t13-,16+,17-/m1/s1. The number of anilines is 2. The van der Waals surface area contributed by atoms with Crippen molar-refractivity contribution in [1.82, 2.24) is 20.3 Å². The van der Waals surface area contributed by atoms with E-state index in [2.05, 4.69) is 20.3 Å². The van der Waals surface area contributed by atoms with Crippen LogP contribution in [0, 0.1) is 11.2 Å². The van der Waals surface area contributed by atoms with Gasteiger partial charge in [-0.25, -0.2) is 18.2 Å². The second-order valence-corrected chi connectivity index (χ2v) is 12.7. The van der Waals surface area contributed by atoms with Gasteiger partial charge in [0.15, 0.2) is 5.82 Å². The summed E-state index contributed by atoms with van der Waals surface area (Å²) in [6.07, 6.45) is -3.36. The van der Waals surface area contributed by atoms with E-state index >= 15 is 4.39 Å². The molecule has 0 spiro atoms. The van der Waals surface area contributed by atoms with Crippen LogP contribution in [0.2, 0.25) is 5.02 Å². The Hall–Kier alpha value is -3.26. The van der Waals surface area contributed by atoms with E-state index in [0.717, 1.165) is 25.0 Å². The molecule has 43 heavy (non-hydrogen) atoms. The van der Waals surface area contributed by atoms with E-state index in [0.29, 0.717) is 13.0 Å². The van der Waals surface area contributed by atoms with Crippen LogP contribution in [-0.2, 0) is 6.18 Å². The Balaban J connectivity index is 1.43. The molecule has 5 heterocycles. The number of nitrogens with one attached hydrogen (secondary N) is 1. The Labute approximate surface area is 246 Å². The topological polar surface area (TPSA) is 98.4 Å². The van der Waals surface area contributed by atoms with Gasteiger partial charge in [-0.15, -0.1) is 0 Å². The maximum Gasteiger partial charge on any atom is 0.418 e. The number of nitrogen functional groups attached to an aromatic ring is 1. The SMILES string of the molecule is CC1(COc2nc3c4c(nc(-c5cc(N)cc(Cl)c5C(F)(F)F)c(F)c4n2)OCC[C@@H]2[C@@H]4CC[C@H](CN32)N4)CC(F)(F)C1. The van der Waals surface area contributed by atoms with E-state index in [-0.39, 0.29) is 78.5 Å². The lowest BCUT2D eigenvalue weighted by Crippen LogP contribution is -2.59. The van der Waals surface area contributed by atoms with Crippen LogP contribution in [0.3, 0.4) is 0 Å². The molecule has 0 radical (unpaired) electrons. The number of nitrogens with zero attached hydrogens (tertiary/aromatic N) is 4. The molecule has 0 unspecified atom stereocenters. The molecule has 230 valence electrons. The van der Waals surface area contributed by atoms with Crippen molar-refractivity contribution in [3.05, 3.63) is 28.5 Å². The molecule has 7 rings (SSSR count). The lowest BCUT2D eigenvalue weighted by Gasteiger charge is -2.44. The van der Waals surface area contributed by atoms with Gasteiger partial charge in [-0.05, 0) is 25.0 Å². The zero-order valence-electron chi connectivity index (χ0n) is 22.9. The van der Waals surface area contributed by atoms with E-state index in [9.17, 15) is 22.0 Å². The van der Waals surface area contributed by atoms with E-state index in [1.54, 1.807) is 6.92 Å². The highest BCUT2D eigenvalue weighted by Crippen LogP contribution is 2.52. The summed E-state index contributed by atoms with van der Waals surface area (Å²) in [6, 6.07) is 1.79. The Morgan fingerprint density at radius 3 is 2.65 bits per heavy atom. The first-order valence-electron chi connectivity index (χ1n) is 14.0. The molecule has 1 aliphatic carbocycles. The highest BCUT2D eigenvalue weighted by molar-refractivity contribution is 6.32. The quantitative estimate of drug-likeness (QED) is 0.269. The predicted octanol–water partition coefficient (Wildman–Crippen LogP) is 5.99. The summed E-state index contributed by atoms with van der Waals surface area (Å²) < 4.78 is 98.1. The zero-order valence-corrected chi connectivity index (χ0v) is 23.6. The van der Waals surface area contributed by atoms with Crippen LogP contribution in [0.5, 0.6) is 11.9 Å². The maximum atomic E-state index is 16.5. The van der Waals surface area contributed by atoms with Gasteiger partial charge in [-0.3, -0.25) is 0 Å². The molecule has 3 atom stereocenters. The summed E-state index contributed by atoms with van der Waals surface area (Å²) in [4.78, 5) is 15.1. The van der Waals surface area contributed by atoms with Crippen LogP contribution >= 0.6 is 11.6 Å². The Morgan fingerprint density at radius 1 is 1.16 bits per heavy atom. The van der Waals surface area contributed by atoms with Crippen molar-refractivity contribution in [2.45, 2.75) is 69.3 Å². The molecule has 2 saturated heterocycles. The fourth-order valence-electron chi connectivity index (χ4n) is 7.06. The molecule has 2 bridgehead atoms. The highest BCUT2D eigenvalue weighted by Gasteiger charge is 2.54. The van der Waals surface area contributed by atoms with Gasteiger partial charge in [-0.2, -0.15) is 23.1 Å². The number of benzene rings is 1. The molecule has 0 amide bonds. The van der Waals surface area contributed by atoms with Crippen molar-refractivity contribution < 1.29 is 35.8 Å². The summed E-state index contributed by atoms with van der Waals surface area (Å²) in [7, 11) is 0. The molecule has 3 aliphatic heterocycles. The number of rotatable bonds is 4. The minimum absolute atomic E-state index is 0.0759. The number of fused-ring (bicyclic) bond motifs is 5. The molecule has 15 heteroatoms. The monoisotopic (exact) mass is 628 g/mol. The largest absolute Gasteiger partial charge is 0.477 e. The Bertz CT molecular complexity index is 1630. The lowest BCUT2D eigenvalue weighted by atomic mass is 9.68. The second-order valence-electron chi connectivity index (χ2n) is 12.3. The average molecular weight is 629 g/mol. The van der Waals surface area contributed by atoms with Crippen molar-refractivity contribution in [2.24, 2.45) is 5.41 Å². The maximum absolute atomic E-state index is 16.5. The number of pyridine rings is 1. The minimum Gasteiger partial charge on any atom is -0.477 e. The fraction of sp³-hybridized carbons (Fsp3) is 0.536. The van der Waals surface area contributed by atoms with Gasteiger partial charge in [-0.1, -0.05) is 18.5 Å². The van der Waals surface area contributed by atoms with Crippen LogP contribution in [-0.4, -0.2) is 58.8 Å². The summed E-state index contributed by atoms with van der Waals surface area (Å²) >= 11 is 5.96. The van der Waals surface area contributed by atoms with Crippen molar-refractivity contribution in [2.75, 3.05) is 30.4 Å². The van der Waals surface area contributed by atoms with E-state index in [1.807, 2.05) is 4.90 Å². The van der Waals surface area contributed by atoms with E-state index in [4.69, 9.17) is 26.8 Å². The van der Waals surface area contributed by atoms with Crippen LogP contribution in [0.1, 0.15) is 44.6 Å². The Morgan fingerprint density at radius 2 is 1.93 bits per heavy atom. The van der Waals surface area contributed by atoms with Gasteiger partial charge in [0.05, 0.1) is 23.8 Å². The van der Waals surface area contributed by atoms with Gasteiger partial charge in [0.25, 0.3) is 0 Å². The van der Waals surface area contributed by atoms with Gasteiger partial charge in [0.2, 0.25) is 11.8 Å². The van der Waals surface area contributed by atoms with Crippen LogP contribution in [0.4, 0.5) is 37.8 Å². The van der Waals surface area contributed by atoms with Gasteiger partial charge < -0.3 is 25.4 Å². The van der Waals surface area contributed by atoms with E-state index < -0.39 is 45.2 Å². The third-order valence-corrected chi connectivity index (χ3v) is 9.06. The molecule has 1 saturated carbocycles. The normalized spacial score (nSPS) is 25.4. The summed E-state index contributed by atoms with van der Waals surface area (Å²) in [5, 5.41) is 2.96. The molecule has 3 N–H and O–H groups in total. The third kappa shape index (κ3) is 4.86. The van der Waals surface area contributed by atoms with Gasteiger partial charge in [0, 0.05) is 60.6 Å². The molecule has 2 aromatic heterocycles. The number of alkyl halides is 5. The molecule has 3 fully saturated rings. The number of hydrogen-bond donors (Lipinski definition) is 2. The molecule has 1 aromatic carbocycles. The predicted molar refractivity (Wildman–Crippen MR) is 146 cm³/mol. The number of nitrogens with two attached hydrogens (primary N) is 1. The van der Waals surface area contributed by atoms with Crippen molar-refractivity contribution >= 4 is 34.0 Å². The first-order chi connectivity index (χ1) is 20.2. The fourth-order valence-corrected chi connectivity index (χ4v) is 7.40.